The number of alkyl halides is 3. The molecule has 0 aliphatic carbocycles. The van der Waals surface area contributed by atoms with E-state index in [4.69, 9.17) is 0 Å². The van der Waals surface area contributed by atoms with Gasteiger partial charge in [-0.1, -0.05) is 18.2 Å². The van der Waals surface area contributed by atoms with E-state index in [0.717, 1.165) is 4.90 Å². The number of rotatable bonds is 3. The van der Waals surface area contributed by atoms with Crippen molar-refractivity contribution in [1.29, 1.82) is 0 Å². The highest BCUT2D eigenvalue weighted by atomic mass is 32.2. The van der Waals surface area contributed by atoms with Crippen LogP contribution in [0.1, 0.15) is 6.42 Å². The summed E-state index contributed by atoms with van der Waals surface area (Å²) in [5.74, 6) is 0.0908. The van der Waals surface area contributed by atoms with E-state index in [1.54, 1.807) is 12.1 Å². The van der Waals surface area contributed by atoms with Crippen molar-refractivity contribution in [3.63, 3.8) is 0 Å². The van der Waals surface area contributed by atoms with E-state index in [2.05, 4.69) is 0 Å². The van der Waals surface area contributed by atoms with Crippen molar-refractivity contribution < 1.29 is 13.2 Å². The Morgan fingerprint density at radius 3 is 2.23 bits per heavy atom. The fourth-order valence-corrected chi connectivity index (χ4v) is 1.72. The van der Waals surface area contributed by atoms with E-state index >= 15 is 0 Å². The van der Waals surface area contributed by atoms with Crippen LogP contribution in [0.5, 0.6) is 0 Å². The average molecular weight is 206 g/mol. The predicted molar refractivity (Wildman–Crippen MR) is 47.8 cm³/mol. The monoisotopic (exact) mass is 206 g/mol. The zero-order chi connectivity index (χ0) is 9.73. The maximum Gasteiger partial charge on any atom is 0.389 e. The minimum atomic E-state index is -4.04. The highest BCUT2D eigenvalue weighted by Crippen LogP contribution is 2.25. The molecule has 72 valence electrons. The molecule has 1 aromatic rings. The highest BCUT2D eigenvalue weighted by molar-refractivity contribution is 7.99. The molecule has 0 heterocycles. The summed E-state index contributed by atoms with van der Waals surface area (Å²) in [5.41, 5.74) is 0. The lowest BCUT2D eigenvalue weighted by molar-refractivity contribution is -0.129. The molecule has 0 spiro atoms. The van der Waals surface area contributed by atoms with E-state index in [1.807, 2.05) is 18.2 Å². The number of hydrogen-bond donors (Lipinski definition) is 0. The van der Waals surface area contributed by atoms with Gasteiger partial charge in [-0.05, 0) is 12.1 Å². The number of benzene rings is 1. The summed E-state index contributed by atoms with van der Waals surface area (Å²) in [7, 11) is 0. The zero-order valence-corrected chi connectivity index (χ0v) is 7.66. The van der Waals surface area contributed by atoms with Crippen molar-refractivity contribution in [2.24, 2.45) is 0 Å². The molecule has 0 saturated heterocycles. The summed E-state index contributed by atoms with van der Waals surface area (Å²) in [4.78, 5) is 0.881. The van der Waals surface area contributed by atoms with Crippen molar-refractivity contribution in [2.45, 2.75) is 17.5 Å². The van der Waals surface area contributed by atoms with E-state index in [-0.39, 0.29) is 5.75 Å². The van der Waals surface area contributed by atoms with Crippen LogP contribution in [-0.4, -0.2) is 11.9 Å². The first-order chi connectivity index (χ1) is 6.08. The normalized spacial score (nSPS) is 11.6. The molecule has 0 radical (unpaired) electrons. The second-order valence-corrected chi connectivity index (χ2v) is 3.70. The summed E-state index contributed by atoms with van der Waals surface area (Å²) >= 11 is 1.23. The first-order valence-electron chi connectivity index (χ1n) is 3.82. The Labute approximate surface area is 79.1 Å². The lowest BCUT2D eigenvalue weighted by atomic mass is 10.4. The molecule has 4 heteroatoms. The summed E-state index contributed by atoms with van der Waals surface area (Å²) in [6.45, 7) is 0. The third-order valence-corrected chi connectivity index (χ3v) is 2.41. The molecule has 0 aliphatic heterocycles. The molecule has 0 unspecified atom stereocenters. The van der Waals surface area contributed by atoms with Crippen LogP contribution in [-0.2, 0) is 0 Å². The van der Waals surface area contributed by atoms with Gasteiger partial charge in [0.1, 0.15) is 0 Å². The van der Waals surface area contributed by atoms with Gasteiger partial charge in [0.05, 0.1) is 6.42 Å². The number of hydrogen-bond acceptors (Lipinski definition) is 1. The molecular formula is C9H9F3S. The molecule has 13 heavy (non-hydrogen) atoms. The molecule has 1 rings (SSSR count). The summed E-state index contributed by atoms with van der Waals surface area (Å²) in [6, 6.07) is 9.09. The van der Waals surface area contributed by atoms with Crippen LogP contribution >= 0.6 is 11.8 Å². The quantitative estimate of drug-likeness (QED) is 0.679. The lowest BCUT2D eigenvalue weighted by Gasteiger charge is -2.04. The fourth-order valence-electron chi connectivity index (χ4n) is 0.801. The number of thioether (sulfide) groups is 1. The molecule has 0 fully saturated rings. The van der Waals surface area contributed by atoms with Gasteiger partial charge in [0.15, 0.2) is 0 Å². The first kappa shape index (κ1) is 10.4. The van der Waals surface area contributed by atoms with Crippen molar-refractivity contribution in [2.75, 3.05) is 5.75 Å². The maximum absolute atomic E-state index is 11.7. The SMILES string of the molecule is FC(F)(F)CCSc1ccccc1. The predicted octanol–water partition coefficient (Wildman–Crippen LogP) is 3.73. The van der Waals surface area contributed by atoms with Crippen molar-refractivity contribution in [3.05, 3.63) is 30.3 Å². The van der Waals surface area contributed by atoms with Crippen LogP contribution in [0.2, 0.25) is 0 Å². The Morgan fingerprint density at radius 2 is 1.69 bits per heavy atom. The molecule has 0 nitrogen and oxygen atoms in total. The molecule has 0 atom stereocenters. The third-order valence-electron chi connectivity index (χ3n) is 1.40. The molecular weight excluding hydrogens is 197 g/mol. The Kier molecular flexibility index (Phi) is 3.66. The van der Waals surface area contributed by atoms with Crippen LogP contribution in [0.25, 0.3) is 0 Å². The molecule has 0 amide bonds. The molecule has 0 N–H and O–H groups in total. The summed E-state index contributed by atoms with van der Waals surface area (Å²) in [5, 5.41) is 0. The van der Waals surface area contributed by atoms with Crippen LogP contribution in [0.3, 0.4) is 0 Å². The minimum absolute atomic E-state index is 0.0908. The largest absolute Gasteiger partial charge is 0.389 e. The highest BCUT2D eigenvalue weighted by Gasteiger charge is 2.26. The maximum atomic E-state index is 11.7. The van der Waals surface area contributed by atoms with Crippen molar-refractivity contribution in [1.82, 2.24) is 0 Å². The standard InChI is InChI=1S/C9H9F3S/c10-9(11,12)6-7-13-8-4-2-1-3-5-8/h1-5H,6-7H2. The van der Waals surface area contributed by atoms with Gasteiger partial charge in [0, 0.05) is 10.6 Å². The molecule has 0 bridgehead atoms. The van der Waals surface area contributed by atoms with Gasteiger partial charge in [-0.15, -0.1) is 11.8 Å². The minimum Gasteiger partial charge on any atom is -0.171 e. The summed E-state index contributed by atoms with van der Waals surface area (Å²) in [6.07, 6.45) is -4.77. The molecule has 0 aliphatic rings. The van der Waals surface area contributed by atoms with Gasteiger partial charge in [-0.2, -0.15) is 13.2 Å². The van der Waals surface area contributed by atoms with Crippen LogP contribution in [0, 0.1) is 0 Å². The van der Waals surface area contributed by atoms with Gasteiger partial charge in [-0.3, -0.25) is 0 Å². The van der Waals surface area contributed by atoms with Gasteiger partial charge in [-0.25, -0.2) is 0 Å². The van der Waals surface area contributed by atoms with Crippen LogP contribution in [0.15, 0.2) is 35.2 Å². The van der Waals surface area contributed by atoms with E-state index in [9.17, 15) is 13.2 Å². The Morgan fingerprint density at radius 1 is 1.08 bits per heavy atom. The molecule has 1 aromatic carbocycles. The van der Waals surface area contributed by atoms with E-state index in [0.29, 0.717) is 0 Å². The fraction of sp³-hybridized carbons (Fsp3) is 0.333. The van der Waals surface area contributed by atoms with Gasteiger partial charge < -0.3 is 0 Å². The van der Waals surface area contributed by atoms with Gasteiger partial charge >= 0.3 is 6.18 Å². The Balaban J connectivity index is 2.29. The summed E-state index contributed by atoms with van der Waals surface area (Å²) < 4.78 is 35.2. The van der Waals surface area contributed by atoms with Gasteiger partial charge in [0.2, 0.25) is 0 Å². The third kappa shape index (κ3) is 4.83. The van der Waals surface area contributed by atoms with Crippen molar-refractivity contribution >= 4 is 11.8 Å². The van der Waals surface area contributed by atoms with Gasteiger partial charge in [0.25, 0.3) is 0 Å². The smallest absolute Gasteiger partial charge is 0.171 e. The van der Waals surface area contributed by atoms with Crippen molar-refractivity contribution in [3.8, 4) is 0 Å². The lowest BCUT2D eigenvalue weighted by Crippen LogP contribution is -2.07. The first-order valence-corrected chi connectivity index (χ1v) is 4.81. The van der Waals surface area contributed by atoms with E-state index in [1.165, 1.54) is 11.8 Å². The second kappa shape index (κ2) is 4.56. The topological polar surface area (TPSA) is 0 Å². The Hall–Kier alpha value is -0.640. The van der Waals surface area contributed by atoms with Crippen LogP contribution < -0.4 is 0 Å². The zero-order valence-electron chi connectivity index (χ0n) is 6.84. The second-order valence-electron chi connectivity index (χ2n) is 2.53. The van der Waals surface area contributed by atoms with Crippen LogP contribution in [0.4, 0.5) is 13.2 Å². The molecule has 0 aromatic heterocycles. The molecule has 0 saturated carbocycles. The number of halogens is 3. The Bertz CT molecular complexity index is 243. The van der Waals surface area contributed by atoms with E-state index < -0.39 is 12.6 Å². The average Bonchev–Trinajstić information content (AvgIpc) is 2.04.